The molecular formula is C37H55N7O6. The first kappa shape index (κ1) is 38.6. The van der Waals surface area contributed by atoms with Gasteiger partial charge < -0.3 is 26.2 Å². The Kier molecular flexibility index (Phi) is 13.7. The number of nitrogens with zero attached hydrogens (tertiary/aromatic N) is 3. The van der Waals surface area contributed by atoms with E-state index in [4.69, 9.17) is 0 Å². The van der Waals surface area contributed by atoms with E-state index in [1.807, 2.05) is 27.7 Å². The first-order valence-electron chi connectivity index (χ1n) is 18.3. The van der Waals surface area contributed by atoms with Crippen molar-refractivity contribution in [3.8, 4) is 0 Å². The molecule has 1 unspecified atom stereocenters. The predicted octanol–water partition coefficient (Wildman–Crippen LogP) is 3.00. The zero-order valence-corrected chi connectivity index (χ0v) is 30.0. The lowest BCUT2D eigenvalue weighted by atomic mass is 9.81. The third kappa shape index (κ3) is 9.54. The molecule has 1 aliphatic heterocycles. The molecule has 3 fully saturated rings. The molecule has 0 radical (unpaired) electrons. The highest BCUT2D eigenvalue weighted by Crippen LogP contribution is 2.41. The van der Waals surface area contributed by atoms with E-state index < -0.39 is 59.0 Å². The van der Waals surface area contributed by atoms with Crippen LogP contribution < -0.4 is 21.3 Å². The predicted molar refractivity (Wildman–Crippen MR) is 187 cm³/mol. The third-order valence-electron chi connectivity index (χ3n) is 10.4. The van der Waals surface area contributed by atoms with Crippen LogP contribution in [0.4, 0.5) is 0 Å². The summed E-state index contributed by atoms with van der Waals surface area (Å²) >= 11 is 0. The van der Waals surface area contributed by atoms with Gasteiger partial charge in [0.1, 0.15) is 23.8 Å². The molecule has 0 bridgehead atoms. The number of aromatic nitrogens is 2. The molecule has 0 aromatic carbocycles. The molecule has 2 saturated carbocycles. The van der Waals surface area contributed by atoms with E-state index in [1.54, 1.807) is 4.90 Å². The quantitative estimate of drug-likeness (QED) is 0.170. The van der Waals surface area contributed by atoms with Crippen LogP contribution in [0, 0.1) is 17.3 Å². The van der Waals surface area contributed by atoms with Crippen molar-refractivity contribution in [2.24, 2.45) is 17.3 Å². The van der Waals surface area contributed by atoms with E-state index >= 15 is 0 Å². The Labute approximate surface area is 295 Å². The van der Waals surface area contributed by atoms with Crippen LogP contribution in [0.2, 0.25) is 0 Å². The van der Waals surface area contributed by atoms with E-state index in [2.05, 4.69) is 37.8 Å². The van der Waals surface area contributed by atoms with Gasteiger partial charge in [-0.05, 0) is 55.8 Å². The van der Waals surface area contributed by atoms with Crippen molar-refractivity contribution in [2.45, 2.75) is 135 Å². The summed E-state index contributed by atoms with van der Waals surface area (Å²) in [6.45, 7) is 11.1. The summed E-state index contributed by atoms with van der Waals surface area (Å²) in [5.74, 6) is -3.39. The topological polar surface area (TPSA) is 180 Å². The molecule has 274 valence electrons. The molecule has 5 amide bonds. The average Bonchev–Trinajstić information content (AvgIpc) is 3.51. The number of carbonyl (C=O) groups excluding carboxylic acids is 6. The first-order chi connectivity index (χ1) is 23.9. The maximum Gasteiger partial charge on any atom is 0.289 e. The SMILES string of the molecule is C=CCNC(=O)C(=O)[C@H](CCC)NC(=O)[C@@H]1C[C@@H]2CCCC[C@@H]2N1C(=O)[C@@H](NC(=O)C(NC(=O)c1cnccn1)C1CCCCC1)C(C)(C)C. The summed E-state index contributed by atoms with van der Waals surface area (Å²) in [4.78, 5) is 91.6. The van der Waals surface area contributed by atoms with Gasteiger partial charge in [-0.2, -0.15) is 0 Å². The molecule has 4 N–H and O–H groups in total. The van der Waals surface area contributed by atoms with Crippen LogP contribution in [0.15, 0.2) is 31.2 Å². The fourth-order valence-electron chi connectivity index (χ4n) is 7.77. The number of hydrogen-bond acceptors (Lipinski definition) is 8. The van der Waals surface area contributed by atoms with E-state index in [0.29, 0.717) is 12.8 Å². The van der Waals surface area contributed by atoms with Crippen molar-refractivity contribution >= 4 is 35.3 Å². The Hall–Kier alpha value is -4.16. The van der Waals surface area contributed by atoms with Crippen molar-refractivity contribution in [3.05, 3.63) is 36.9 Å². The standard InChI is InChI=1S/C37H55N7O6/c1-6-13-25(30(45)35(49)40-18-7-2)41-33(47)28-21-24-16-11-12-17-27(24)44(28)36(50)31(37(3,4)5)43-34(48)29(23-14-9-8-10-15-23)42-32(46)26-22-38-19-20-39-26/h7,19-20,22-25,27-29,31H,2,6,8-18,21H2,1,3-5H3,(H,40,49)(H,41,47)(H,42,46)(H,43,48)/t24-,25-,27-,28-,29?,31+/m0/s1. The van der Waals surface area contributed by atoms with Crippen molar-refractivity contribution in [1.82, 2.24) is 36.1 Å². The minimum absolute atomic E-state index is 0.0943. The highest BCUT2D eigenvalue weighted by molar-refractivity contribution is 6.38. The maximum atomic E-state index is 14.8. The summed E-state index contributed by atoms with van der Waals surface area (Å²) in [5, 5.41) is 11.2. The minimum Gasteiger partial charge on any atom is -0.346 e. The number of Topliss-reactive ketones (excluding diaryl/α,β-unsaturated/α-hetero) is 1. The zero-order chi connectivity index (χ0) is 36.4. The van der Waals surface area contributed by atoms with E-state index in [1.165, 1.54) is 24.7 Å². The smallest absolute Gasteiger partial charge is 0.289 e. The van der Waals surface area contributed by atoms with Crippen LogP contribution in [0.3, 0.4) is 0 Å². The molecule has 3 aliphatic rings. The molecule has 1 saturated heterocycles. The number of amides is 5. The summed E-state index contributed by atoms with van der Waals surface area (Å²) in [5.41, 5.74) is -0.659. The number of carbonyl (C=O) groups is 6. The highest BCUT2D eigenvalue weighted by Gasteiger charge is 2.51. The number of fused-ring (bicyclic) bond motifs is 1. The van der Waals surface area contributed by atoms with Crippen molar-refractivity contribution in [3.63, 3.8) is 0 Å². The van der Waals surface area contributed by atoms with Gasteiger partial charge in [-0.15, -0.1) is 6.58 Å². The number of likely N-dealkylation sites (tertiary alicyclic amines) is 1. The molecule has 13 nitrogen and oxygen atoms in total. The van der Waals surface area contributed by atoms with Gasteiger partial charge in [-0.1, -0.05) is 72.3 Å². The second-order valence-corrected chi connectivity index (χ2v) is 15.1. The number of ketones is 1. The van der Waals surface area contributed by atoms with Crippen LogP contribution in [-0.4, -0.2) is 86.9 Å². The Morgan fingerprint density at radius 1 is 0.960 bits per heavy atom. The van der Waals surface area contributed by atoms with Gasteiger partial charge >= 0.3 is 0 Å². The van der Waals surface area contributed by atoms with Crippen LogP contribution in [0.25, 0.3) is 0 Å². The maximum absolute atomic E-state index is 14.8. The van der Waals surface area contributed by atoms with Gasteiger partial charge in [-0.3, -0.25) is 33.8 Å². The van der Waals surface area contributed by atoms with Crippen LogP contribution in [0.5, 0.6) is 0 Å². The van der Waals surface area contributed by atoms with Crippen molar-refractivity contribution in [1.29, 1.82) is 0 Å². The Bertz CT molecular complexity index is 1390. The first-order valence-corrected chi connectivity index (χ1v) is 18.3. The highest BCUT2D eigenvalue weighted by atomic mass is 16.2. The fourth-order valence-corrected chi connectivity index (χ4v) is 7.77. The molecule has 1 aromatic rings. The number of rotatable bonds is 14. The lowest BCUT2D eigenvalue weighted by molar-refractivity contribution is -0.147. The largest absolute Gasteiger partial charge is 0.346 e. The lowest BCUT2D eigenvalue weighted by Gasteiger charge is -2.40. The third-order valence-corrected chi connectivity index (χ3v) is 10.4. The molecule has 1 aromatic heterocycles. The van der Waals surface area contributed by atoms with Gasteiger partial charge in [0.05, 0.1) is 12.2 Å². The van der Waals surface area contributed by atoms with Crippen LogP contribution >= 0.6 is 0 Å². The van der Waals surface area contributed by atoms with E-state index in [-0.39, 0.29) is 42.4 Å². The van der Waals surface area contributed by atoms with Crippen molar-refractivity contribution in [2.75, 3.05) is 6.54 Å². The van der Waals surface area contributed by atoms with Gasteiger partial charge in [0, 0.05) is 25.0 Å². The van der Waals surface area contributed by atoms with E-state index in [0.717, 1.165) is 57.8 Å². The fraction of sp³-hybridized carbons (Fsp3) is 0.676. The summed E-state index contributed by atoms with van der Waals surface area (Å²) in [6, 6.07) is -4.01. The Morgan fingerprint density at radius 3 is 2.30 bits per heavy atom. The Morgan fingerprint density at radius 2 is 1.66 bits per heavy atom. The van der Waals surface area contributed by atoms with Crippen LogP contribution in [0.1, 0.15) is 115 Å². The van der Waals surface area contributed by atoms with Gasteiger partial charge in [0.15, 0.2) is 0 Å². The van der Waals surface area contributed by atoms with Crippen LogP contribution in [-0.2, 0) is 24.0 Å². The summed E-state index contributed by atoms with van der Waals surface area (Å²) < 4.78 is 0. The summed E-state index contributed by atoms with van der Waals surface area (Å²) in [6.07, 6.45) is 14.9. The molecule has 4 rings (SSSR count). The number of hydrogen-bond donors (Lipinski definition) is 4. The normalized spacial score (nSPS) is 22.6. The molecule has 13 heteroatoms. The number of nitrogens with one attached hydrogen (secondary N) is 4. The van der Waals surface area contributed by atoms with Gasteiger partial charge in [0.25, 0.3) is 11.8 Å². The molecule has 2 aliphatic carbocycles. The van der Waals surface area contributed by atoms with Crippen molar-refractivity contribution < 1.29 is 28.8 Å². The molecule has 2 heterocycles. The second-order valence-electron chi connectivity index (χ2n) is 15.1. The monoisotopic (exact) mass is 693 g/mol. The molecular weight excluding hydrogens is 638 g/mol. The van der Waals surface area contributed by atoms with Gasteiger partial charge in [0.2, 0.25) is 23.5 Å². The lowest BCUT2D eigenvalue weighted by Crippen LogP contribution is -2.63. The average molecular weight is 694 g/mol. The minimum atomic E-state index is -1.04. The van der Waals surface area contributed by atoms with Gasteiger partial charge in [-0.25, -0.2) is 4.98 Å². The molecule has 0 spiro atoms. The Balaban J connectivity index is 1.60. The molecule has 6 atom stereocenters. The summed E-state index contributed by atoms with van der Waals surface area (Å²) in [7, 11) is 0. The second kappa shape index (κ2) is 17.7. The van der Waals surface area contributed by atoms with E-state index in [9.17, 15) is 28.8 Å². The zero-order valence-electron chi connectivity index (χ0n) is 30.0. The molecule has 50 heavy (non-hydrogen) atoms.